The lowest BCUT2D eigenvalue weighted by molar-refractivity contribution is -0.144. The van der Waals surface area contributed by atoms with E-state index in [2.05, 4.69) is 27.6 Å². The van der Waals surface area contributed by atoms with Gasteiger partial charge in [-0.25, -0.2) is 15.8 Å². The molecule has 0 radical (unpaired) electrons. The summed E-state index contributed by atoms with van der Waals surface area (Å²) in [5.74, 6) is 4.02. The summed E-state index contributed by atoms with van der Waals surface area (Å²) in [4.78, 5) is 6.81. The van der Waals surface area contributed by atoms with Gasteiger partial charge in [0, 0.05) is 12.6 Å². The molecule has 112 valence electrons. The van der Waals surface area contributed by atoms with Crippen LogP contribution in [-0.2, 0) is 6.18 Å². The number of nitrogens with zero attached hydrogens (tertiary/aromatic N) is 2. The largest absolute Gasteiger partial charge is 0.451 e. The van der Waals surface area contributed by atoms with E-state index < -0.39 is 12.0 Å². The van der Waals surface area contributed by atoms with Crippen molar-refractivity contribution in [2.45, 2.75) is 38.8 Å². The highest BCUT2D eigenvalue weighted by atomic mass is 19.4. The van der Waals surface area contributed by atoms with E-state index in [-0.39, 0.29) is 17.1 Å². The molecule has 1 heterocycles. The Morgan fingerprint density at radius 2 is 1.95 bits per heavy atom. The van der Waals surface area contributed by atoms with Crippen LogP contribution >= 0.6 is 0 Å². The average molecular weight is 289 g/mol. The lowest BCUT2D eigenvalue weighted by Gasteiger charge is -2.16. The first-order valence-corrected chi connectivity index (χ1v) is 6.55. The number of nitrogens with one attached hydrogen (secondary N) is 2. The van der Waals surface area contributed by atoms with E-state index in [0.29, 0.717) is 6.54 Å². The number of hydrogen-bond donors (Lipinski definition) is 3. The number of alkyl halides is 3. The first-order chi connectivity index (χ1) is 9.38. The second kappa shape index (κ2) is 5.43. The minimum absolute atomic E-state index is 0.0600. The molecule has 1 saturated carbocycles. The van der Waals surface area contributed by atoms with Crippen LogP contribution in [0.1, 0.15) is 38.4 Å². The summed E-state index contributed by atoms with van der Waals surface area (Å²) < 4.78 is 38.0. The van der Waals surface area contributed by atoms with E-state index in [1.165, 1.54) is 6.07 Å². The Bertz CT molecular complexity index is 471. The summed E-state index contributed by atoms with van der Waals surface area (Å²) in [5, 5.41) is 2.97. The Hall–Kier alpha value is -1.57. The maximum Gasteiger partial charge on any atom is 0.451 e. The fraction of sp³-hybridized carbons (Fsp3) is 0.667. The minimum atomic E-state index is -4.59. The molecule has 1 fully saturated rings. The molecule has 0 aromatic carbocycles. The van der Waals surface area contributed by atoms with Crippen LogP contribution in [0.2, 0.25) is 0 Å². The molecule has 0 saturated heterocycles. The van der Waals surface area contributed by atoms with Crippen LogP contribution in [0.5, 0.6) is 0 Å². The smallest absolute Gasteiger partial charge is 0.369 e. The SMILES string of the molecule is CCCC1(CNc2cc(NN)nc(C(F)(F)F)n2)CC1. The summed E-state index contributed by atoms with van der Waals surface area (Å²) in [6.45, 7) is 2.72. The first-order valence-electron chi connectivity index (χ1n) is 6.55. The second-order valence-electron chi connectivity index (χ2n) is 5.21. The van der Waals surface area contributed by atoms with Crippen LogP contribution in [0, 0.1) is 5.41 Å². The Morgan fingerprint density at radius 3 is 2.45 bits per heavy atom. The van der Waals surface area contributed by atoms with Crippen LogP contribution in [0.15, 0.2) is 6.07 Å². The minimum Gasteiger partial charge on any atom is -0.369 e. The Labute approximate surface area is 115 Å². The third-order valence-electron chi connectivity index (χ3n) is 3.51. The van der Waals surface area contributed by atoms with Gasteiger partial charge < -0.3 is 10.7 Å². The summed E-state index contributed by atoms with van der Waals surface area (Å²) >= 11 is 0. The average Bonchev–Trinajstić information content (AvgIpc) is 3.16. The maximum absolute atomic E-state index is 12.7. The van der Waals surface area contributed by atoms with Crippen molar-refractivity contribution in [2.75, 3.05) is 17.3 Å². The van der Waals surface area contributed by atoms with Crippen LogP contribution in [0.3, 0.4) is 0 Å². The zero-order chi connectivity index (χ0) is 14.8. The summed E-state index contributed by atoms with van der Waals surface area (Å²) in [7, 11) is 0. The van der Waals surface area contributed by atoms with Crippen LogP contribution in [0.4, 0.5) is 24.8 Å². The van der Waals surface area contributed by atoms with Crippen molar-refractivity contribution in [3.05, 3.63) is 11.9 Å². The number of aromatic nitrogens is 2. The fourth-order valence-electron chi connectivity index (χ4n) is 2.24. The van der Waals surface area contributed by atoms with Gasteiger partial charge in [-0.1, -0.05) is 13.3 Å². The van der Waals surface area contributed by atoms with Crippen molar-refractivity contribution in [2.24, 2.45) is 11.3 Å². The van der Waals surface area contributed by atoms with Crippen molar-refractivity contribution in [3.63, 3.8) is 0 Å². The molecule has 8 heteroatoms. The number of anilines is 2. The highest BCUT2D eigenvalue weighted by molar-refractivity contribution is 5.47. The van der Waals surface area contributed by atoms with E-state index in [9.17, 15) is 13.2 Å². The van der Waals surface area contributed by atoms with Gasteiger partial charge in [0.25, 0.3) is 0 Å². The molecule has 1 aliphatic carbocycles. The van der Waals surface area contributed by atoms with Gasteiger partial charge in [0.2, 0.25) is 5.82 Å². The molecule has 1 aromatic rings. The predicted octanol–water partition coefficient (Wildman–Crippen LogP) is 2.77. The van der Waals surface area contributed by atoms with Gasteiger partial charge in [-0.3, -0.25) is 0 Å². The first kappa shape index (κ1) is 14.8. The topological polar surface area (TPSA) is 75.9 Å². The molecule has 0 spiro atoms. The van der Waals surface area contributed by atoms with E-state index >= 15 is 0 Å². The molecule has 0 amide bonds. The van der Waals surface area contributed by atoms with Gasteiger partial charge in [-0.2, -0.15) is 13.2 Å². The molecular weight excluding hydrogens is 271 g/mol. The number of halogens is 3. The number of rotatable bonds is 6. The third kappa shape index (κ3) is 3.50. The highest BCUT2D eigenvalue weighted by Crippen LogP contribution is 2.49. The van der Waals surface area contributed by atoms with Crippen molar-refractivity contribution >= 4 is 11.6 Å². The Balaban J connectivity index is 2.11. The predicted molar refractivity (Wildman–Crippen MR) is 69.9 cm³/mol. The standard InChI is InChI=1S/C12H18F3N5/c1-2-3-11(4-5-11)7-17-8-6-9(20-16)19-10(18-8)12(13,14)15/h6H,2-5,7,16H2,1H3,(H2,17,18,19,20). The van der Waals surface area contributed by atoms with E-state index in [1.807, 2.05) is 0 Å². The molecule has 0 aliphatic heterocycles. The second-order valence-corrected chi connectivity index (χ2v) is 5.21. The van der Waals surface area contributed by atoms with Crippen molar-refractivity contribution in [3.8, 4) is 0 Å². The molecule has 4 N–H and O–H groups in total. The molecule has 5 nitrogen and oxygen atoms in total. The lowest BCUT2D eigenvalue weighted by atomic mass is 10.0. The quantitative estimate of drug-likeness (QED) is 0.554. The molecule has 20 heavy (non-hydrogen) atoms. The summed E-state index contributed by atoms with van der Waals surface area (Å²) in [6.07, 6.45) is -0.252. The van der Waals surface area contributed by atoms with Crippen molar-refractivity contribution in [1.29, 1.82) is 0 Å². The van der Waals surface area contributed by atoms with E-state index in [0.717, 1.165) is 25.7 Å². The molecular formula is C12H18F3N5. The number of hydrazine groups is 1. The summed E-state index contributed by atoms with van der Waals surface area (Å²) in [6, 6.07) is 1.37. The van der Waals surface area contributed by atoms with Gasteiger partial charge in [0.15, 0.2) is 0 Å². The zero-order valence-corrected chi connectivity index (χ0v) is 11.2. The Morgan fingerprint density at radius 1 is 1.30 bits per heavy atom. The van der Waals surface area contributed by atoms with E-state index in [1.54, 1.807) is 0 Å². The highest BCUT2D eigenvalue weighted by Gasteiger charge is 2.41. The lowest BCUT2D eigenvalue weighted by Crippen LogP contribution is -2.20. The molecule has 0 unspecified atom stereocenters. The zero-order valence-electron chi connectivity index (χ0n) is 11.2. The van der Waals surface area contributed by atoms with Crippen molar-refractivity contribution in [1.82, 2.24) is 9.97 Å². The fourth-order valence-corrected chi connectivity index (χ4v) is 2.24. The van der Waals surface area contributed by atoms with Crippen LogP contribution in [-0.4, -0.2) is 16.5 Å². The normalized spacial score (nSPS) is 16.9. The van der Waals surface area contributed by atoms with E-state index in [4.69, 9.17) is 5.84 Å². The number of hydrogen-bond acceptors (Lipinski definition) is 5. The monoisotopic (exact) mass is 289 g/mol. The molecule has 0 bridgehead atoms. The van der Waals surface area contributed by atoms with Gasteiger partial charge in [0.1, 0.15) is 11.6 Å². The van der Waals surface area contributed by atoms with Crippen LogP contribution < -0.4 is 16.6 Å². The van der Waals surface area contributed by atoms with Crippen LogP contribution in [0.25, 0.3) is 0 Å². The Kier molecular flexibility index (Phi) is 4.03. The van der Waals surface area contributed by atoms with Crippen molar-refractivity contribution < 1.29 is 13.2 Å². The molecule has 1 aliphatic rings. The maximum atomic E-state index is 12.7. The van der Waals surface area contributed by atoms with Gasteiger partial charge in [-0.05, 0) is 24.7 Å². The molecule has 2 rings (SSSR count). The van der Waals surface area contributed by atoms with Gasteiger partial charge >= 0.3 is 6.18 Å². The van der Waals surface area contributed by atoms with Gasteiger partial charge in [0.05, 0.1) is 0 Å². The number of nitrogens with two attached hydrogens (primary N) is 1. The van der Waals surface area contributed by atoms with Gasteiger partial charge in [-0.15, -0.1) is 0 Å². The summed E-state index contributed by atoms with van der Waals surface area (Å²) in [5.41, 5.74) is 2.34. The molecule has 1 aromatic heterocycles. The molecule has 0 atom stereocenters. The third-order valence-corrected chi connectivity index (χ3v) is 3.51. The number of nitrogen functional groups attached to an aromatic ring is 1.